The number of aryl methyl sites for hydroxylation is 1. The van der Waals surface area contributed by atoms with E-state index in [-0.39, 0.29) is 5.75 Å². The molecule has 0 saturated heterocycles. The summed E-state index contributed by atoms with van der Waals surface area (Å²) in [6, 6.07) is 14.4. The molecule has 0 spiro atoms. The lowest BCUT2D eigenvalue weighted by atomic mass is 10.0. The molecule has 0 aliphatic heterocycles. The molecule has 0 bridgehead atoms. The molecule has 6 heteroatoms. The van der Waals surface area contributed by atoms with Crippen molar-refractivity contribution in [2.45, 2.75) is 13.3 Å². The van der Waals surface area contributed by atoms with Gasteiger partial charge in [0.1, 0.15) is 23.7 Å². The summed E-state index contributed by atoms with van der Waals surface area (Å²) >= 11 is 6.00. The highest BCUT2D eigenvalue weighted by molar-refractivity contribution is 6.30. The Morgan fingerprint density at radius 3 is 2.65 bits per heavy atom. The van der Waals surface area contributed by atoms with E-state index in [1.165, 1.54) is 6.33 Å². The number of anilines is 2. The van der Waals surface area contributed by atoms with Crippen molar-refractivity contribution in [3.05, 3.63) is 65.4 Å². The standard InChI is InChI=1S/C20H16ClN3O2/c1-2-16-17-19(24-14-4-3-5-15(25)10-14)22-11-23-20(17)26-18(16)12-6-8-13(21)9-7-12/h3-11,25H,2H2,1H3,(H,22,23,24). The van der Waals surface area contributed by atoms with Gasteiger partial charge in [-0.05, 0) is 42.8 Å². The van der Waals surface area contributed by atoms with E-state index < -0.39 is 0 Å². The van der Waals surface area contributed by atoms with Crippen LogP contribution in [0.25, 0.3) is 22.4 Å². The molecule has 2 aromatic heterocycles. The van der Waals surface area contributed by atoms with Gasteiger partial charge in [-0.2, -0.15) is 0 Å². The number of phenolic OH excluding ortho intramolecular Hbond substituents is 1. The smallest absolute Gasteiger partial charge is 0.232 e. The van der Waals surface area contributed by atoms with E-state index in [1.54, 1.807) is 18.2 Å². The van der Waals surface area contributed by atoms with Crippen molar-refractivity contribution in [1.29, 1.82) is 0 Å². The number of fused-ring (bicyclic) bond motifs is 1. The Morgan fingerprint density at radius 2 is 1.92 bits per heavy atom. The maximum absolute atomic E-state index is 9.68. The highest BCUT2D eigenvalue weighted by Crippen LogP contribution is 2.37. The van der Waals surface area contributed by atoms with Gasteiger partial charge < -0.3 is 14.8 Å². The highest BCUT2D eigenvalue weighted by Gasteiger charge is 2.19. The van der Waals surface area contributed by atoms with Crippen LogP contribution in [-0.2, 0) is 6.42 Å². The van der Waals surface area contributed by atoms with Crippen LogP contribution >= 0.6 is 11.6 Å². The summed E-state index contributed by atoms with van der Waals surface area (Å²) in [5, 5.41) is 14.4. The van der Waals surface area contributed by atoms with E-state index >= 15 is 0 Å². The molecule has 2 aromatic carbocycles. The quantitative estimate of drug-likeness (QED) is 0.495. The summed E-state index contributed by atoms with van der Waals surface area (Å²) in [5.41, 5.74) is 3.21. The van der Waals surface area contributed by atoms with Crippen molar-refractivity contribution < 1.29 is 9.52 Å². The minimum atomic E-state index is 0.185. The predicted molar refractivity (Wildman–Crippen MR) is 103 cm³/mol. The number of hydrogen-bond donors (Lipinski definition) is 2. The number of furan rings is 1. The molecule has 0 aliphatic carbocycles. The first-order valence-corrected chi connectivity index (χ1v) is 8.62. The van der Waals surface area contributed by atoms with Crippen LogP contribution in [-0.4, -0.2) is 15.1 Å². The molecule has 0 saturated carbocycles. The number of nitrogens with zero attached hydrogens (tertiary/aromatic N) is 2. The van der Waals surface area contributed by atoms with Crippen molar-refractivity contribution in [3.8, 4) is 17.1 Å². The second-order valence-electron chi connectivity index (χ2n) is 5.85. The van der Waals surface area contributed by atoms with Gasteiger partial charge in [-0.25, -0.2) is 9.97 Å². The number of nitrogens with one attached hydrogen (secondary N) is 1. The summed E-state index contributed by atoms with van der Waals surface area (Å²) in [4.78, 5) is 8.66. The van der Waals surface area contributed by atoms with Gasteiger partial charge in [0.2, 0.25) is 5.71 Å². The second kappa shape index (κ2) is 6.69. The molecule has 0 unspecified atom stereocenters. The van der Waals surface area contributed by atoms with Gasteiger partial charge in [0.15, 0.2) is 0 Å². The number of benzene rings is 2. The van der Waals surface area contributed by atoms with Gasteiger partial charge in [0, 0.05) is 27.9 Å². The molecule has 130 valence electrons. The van der Waals surface area contributed by atoms with E-state index in [1.807, 2.05) is 30.3 Å². The Balaban J connectivity index is 1.86. The van der Waals surface area contributed by atoms with Gasteiger partial charge in [-0.15, -0.1) is 0 Å². The molecule has 0 radical (unpaired) electrons. The van der Waals surface area contributed by atoms with Crippen molar-refractivity contribution in [1.82, 2.24) is 9.97 Å². The Kier molecular flexibility index (Phi) is 4.22. The van der Waals surface area contributed by atoms with E-state index in [2.05, 4.69) is 22.2 Å². The first-order valence-electron chi connectivity index (χ1n) is 8.24. The number of rotatable bonds is 4. The molecule has 4 aromatic rings. The molecule has 0 aliphatic rings. The number of aromatic nitrogens is 2. The highest BCUT2D eigenvalue weighted by atomic mass is 35.5. The monoisotopic (exact) mass is 365 g/mol. The molecule has 26 heavy (non-hydrogen) atoms. The number of halogens is 1. The lowest BCUT2D eigenvalue weighted by Crippen LogP contribution is -1.96. The van der Waals surface area contributed by atoms with Crippen molar-refractivity contribution in [2.24, 2.45) is 0 Å². The fraction of sp³-hybridized carbons (Fsp3) is 0.100. The Hall–Kier alpha value is -3.05. The molecule has 5 nitrogen and oxygen atoms in total. The maximum Gasteiger partial charge on any atom is 0.232 e. The molecule has 0 atom stereocenters. The maximum atomic E-state index is 9.68. The van der Waals surface area contributed by atoms with Gasteiger partial charge >= 0.3 is 0 Å². The van der Waals surface area contributed by atoms with Crippen LogP contribution < -0.4 is 5.32 Å². The fourth-order valence-electron chi connectivity index (χ4n) is 2.98. The van der Waals surface area contributed by atoms with Gasteiger partial charge in [-0.3, -0.25) is 0 Å². The molecule has 0 fully saturated rings. The molecule has 4 rings (SSSR count). The van der Waals surface area contributed by atoms with Crippen LogP contribution in [0.1, 0.15) is 12.5 Å². The van der Waals surface area contributed by atoms with Crippen LogP contribution in [0.5, 0.6) is 5.75 Å². The summed E-state index contributed by atoms with van der Waals surface area (Å²) in [7, 11) is 0. The van der Waals surface area contributed by atoms with Crippen LogP contribution in [0.2, 0.25) is 5.02 Å². The normalized spacial score (nSPS) is 11.0. The molecule has 2 N–H and O–H groups in total. The van der Waals surface area contributed by atoms with E-state index in [4.69, 9.17) is 16.0 Å². The SMILES string of the molecule is CCc1c(-c2ccc(Cl)cc2)oc2ncnc(Nc3cccc(O)c3)c12. The van der Waals surface area contributed by atoms with E-state index in [9.17, 15) is 5.11 Å². The summed E-state index contributed by atoms with van der Waals surface area (Å²) in [6.45, 7) is 2.06. The Morgan fingerprint density at radius 1 is 1.12 bits per heavy atom. The zero-order valence-electron chi connectivity index (χ0n) is 14.0. The summed E-state index contributed by atoms with van der Waals surface area (Å²) < 4.78 is 6.03. The number of hydrogen-bond acceptors (Lipinski definition) is 5. The third-order valence-electron chi connectivity index (χ3n) is 4.16. The molecular formula is C20H16ClN3O2. The Labute approximate surface area is 155 Å². The van der Waals surface area contributed by atoms with Gasteiger partial charge in [0.25, 0.3) is 0 Å². The topological polar surface area (TPSA) is 71.2 Å². The van der Waals surface area contributed by atoms with E-state index in [0.717, 1.165) is 34.4 Å². The van der Waals surface area contributed by atoms with Crippen LogP contribution in [0.4, 0.5) is 11.5 Å². The molecule has 2 heterocycles. The van der Waals surface area contributed by atoms with Crippen LogP contribution in [0.15, 0.2) is 59.3 Å². The zero-order valence-corrected chi connectivity index (χ0v) is 14.8. The van der Waals surface area contributed by atoms with Crippen molar-refractivity contribution in [2.75, 3.05) is 5.32 Å². The molecular weight excluding hydrogens is 350 g/mol. The third kappa shape index (κ3) is 2.97. The number of phenols is 1. The van der Waals surface area contributed by atoms with Gasteiger partial charge in [-0.1, -0.05) is 24.6 Å². The zero-order chi connectivity index (χ0) is 18.1. The second-order valence-corrected chi connectivity index (χ2v) is 6.28. The van der Waals surface area contributed by atoms with Gasteiger partial charge in [0.05, 0.1) is 5.39 Å². The van der Waals surface area contributed by atoms with Crippen LogP contribution in [0, 0.1) is 0 Å². The number of aromatic hydroxyl groups is 1. The Bertz CT molecular complexity index is 1070. The summed E-state index contributed by atoms with van der Waals surface area (Å²) in [6.07, 6.45) is 2.22. The lowest BCUT2D eigenvalue weighted by Gasteiger charge is -2.07. The predicted octanol–water partition coefficient (Wildman–Crippen LogP) is 5.55. The van der Waals surface area contributed by atoms with Crippen molar-refractivity contribution >= 4 is 34.2 Å². The van der Waals surface area contributed by atoms with Crippen LogP contribution in [0.3, 0.4) is 0 Å². The average molecular weight is 366 g/mol. The molecule has 0 amide bonds. The van der Waals surface area contributed by atoms with E-state index in [0.29, 0.717) is 16.6 Å². The first-order chi connectivity index (χ1) is 12.7. The van der Waals surface area contributed by atoms with Crippen molar-refractivity contribution in [3.63, 3.8) is 0 Å². The minimum Gasteiger partial charge on any atom is -0.508 e. The fourth-order valence-corrected chi connectivity index (χ4v) is 3.10. The summed E-state index contributed by atoms with van der Waals surface area (Å²) in [5.74, 6) is 1.59. The lowest BCUT2D eigenvalue weighted by molar-refractivity contribution is 0.475. The average Bonchev–Trinajstić information content (AvgIpc) is 3.02. The minimum absolute atomic E-state index is 0.185. The largest absolute Gasteiger partial charge is 0.508 e. The third-order valence-corrected chi connectivity index (χ3v) is 4.41. The first kappa shape index (κ1) is 16.4.